The molecule has 122 valence electrons. The number of anilines is 1. The van der Waals surface area contributed by atoms with E-state index in [1.54, 1.807) is 0 Å². The second-order valence-corrected chi connectivity index (χ2v) is 5.17. The minimum Gasteiger partial charge on any atom is -0.504 e. The summed E-state index contributed by atoms with van der Waals surface area (Å²) in [4.78, 5) is 7.59. The highest BCUT2D eigenvalue weighted by Crippen LogP contribution is 2.28. The van der Waals surface area contributed by atoms with E-state index < -0.39 is 11.7 Å². The number of pyridine rings is 1. The molecule has 1 aromatic carbocycles. The van der Waals surface area contributed by atoms with E-state index in [-0.39, 0.29) is 0 Å². The average molecular weight is 316 g/mol. The Hall–Kier alpha value is -2.63. The number of nitrogens with two attached hydrogens (primary N) is 1. The molecule has 0 fully saturated rings. The molecule has 5 nitrogen and oxygen atoms in total. The molecule has 0 saturated heterocycles. The fourth-order valence-corrected chi connectivity index (χ4v) is 1.98. The van der Waals surface area contributed by atoms with Gasteiger partial charge < -0.3 is 16.2 Å². The SMILES string of the molecule is CCCC.NC1=NCNc2ccc(-c3cnc(F)c(O)c3)cc21. The van der Waals surface area contributed by atoms with Gasteiger partial charge in [0.2, 0.25) is 0 Å². The third-order valence-corrected chi connectivity index (χ3v) is 3.47. The molecule has 0 amide bonds. The Kier molecular flexibility index (Phi) is 5.51. The molecular weight excluding hydrogens is 295 g/mol. The maximum atomic E-state index is 12.9. The van der Waals surface area contributed by atoms with E-state index in [1.807, 2.05) is 18.2 Å². The van der Waals surface area contributed by atoms with E-state index in [2.05, 4.69) is 29.1 Å². The van der Waals surface area contributed by atoms with E-state index in [4.69, 9.17) is 5.73 Å². The zero-order chi connectivity index (χ0) is 16.8. The maximum Gasteiger partial charge on any atom is 0.255 e. The molecule has 0 unspecified atom stereocenters. The number of halogens is 1. The predicted molar refractivity (Wildman–Crippen MR) is 91.1 cm³/mol. The maximum absolute atomic E-state index is 12.9. The van der Waals surface area contributed by atoms with E-state index >= 15 is 0 Å². The van der Waals surface area contributed by atoms with Crippen molar-refractivity contribution in [1.82, 2.24) is 4.98 Å². The number of nitrogens with zero attached hydrogens (tertiary/aromatic N) is 2. The van der Waals surface area contributed by atoms with Crippen molar-refractivity contribution in [3.8, 4) is 16.9 Å². The summed E-state index contributed by atoms with van der Waals surface area (Å²) in [6.07, 6.45) is 4.00. The summed E-state index contributed by atoms with van der Waals surface area (Å²) in [6, 6.07) is 6.87. The van der Waals surface area contributed by atoms with Crippen LogP contribution in [0.2, 0.25) is 0 Å². The van der Waals surface area contributed by atoms with Gasteiger partial charge in [0.25, 0.3) is 5.95 Å². The number of benzene rings is 1. The van der Waals surface area contributed by atoms with E-state index in [0.29, 0.717) is 18.1 Å². The summed E-state index contributed by atoms with van der Waals surface area (Å²) in [7, 11) is 0. The fourth-order valence-electron chi connectivity index (χ4n) is 1.98. The van der Waals surface area contributed by atoms with Crippen molar-refractivity contribution < 1.29 is 9.50 Å². The standard InChI is InChI=1S/C13H11FN4O.C4H10/c14-12-11(19)4-8(5-16-12)7-1-2-10-9(3-7)13(15)18-6-17-10;1-3-4-2/h1-5,17,19H,6H2,(H2,15,18);3-4H2,1-2H3. The quantitative estimate of drug-likeness (QED) is 0.741. The second-order valence-electron chi connectivity index (χ2n) is 5.17. The molecule has 2 heterocycles. The molecule has 0 saturated carbocycles. The van der Waals surface area contributed by atoms with Crippen molar-refractivity contribution >= 4 is 11.5 Å². The minimum atomic E-state index is -0.885. The van der Waals surface area contributed by atoms with Crippen LogP contribution < -0.4 is 11.1 Å². The first-order chi connectivity index (χ1) is 11.1. The molecule has 0 bridgehead atoms. The van der Waals surface area contributed by atoms with Gasteiger partial charge in [-0.05, 0) is 23.8 Å². The Morgan fingerprint density at radius 2 is 1.96 bits per heavy atom. The Morgan fingerprint density at radius 3 is 2.61 bits per heavy atom. The van der Waals surface area contributed by atoms with Crippen LogP contribution in [0.3, 0.4) is 0 Å². The Bertz CT molecular complexity index is 714. The van der Waals surface area contributed by atoms with Crippen molar-refractivity contribution in [3.05, 3.63) is 42.0 Å². The van der Waals surface area contributed by atoms with Crippen LogP contribution in [-0.4, -0.2) is 22.6 Å². The van der Waals surface area contributed by atoms with Gasteiger partial charge in [-0.25, -0.2) is 9.98 Å². The number of unbranched alkanes of at least 4 members (excludes halogenated alkanes) is 1. The normalized spacial score (nSPS) is 12.4. The number of fused-ring (bicyclic) bond motifs is 1. The summed E-state index contributed by atoms with van der Waals surface area (Å²) >= 11 is 0. The molecule has 0 radical (unpaired) electrons. The first kappa shape index (κ1) is 16.7. The zero-order valence-electron chi connectivity index (χ0n) is 13.3. The van der Waals surface area contributed by atoms with Gasteiger partial charge in [0, 0.05) is 23.0 Å². The first-order valence-electron chi connectivity index (χ1n) is 7.59. The van der Waals surface area contributed by atoms with Gasteiger partial charge in [0.15, 0.2) is 5.75 Å². The molecule has 23 heavy (non-hydrogen) atoms. The van der Waals surface area contributed by atoms with E-state index in [9.17, 15) is 9.50 Å². The van der Waals surface area contributed by atoms with Crippen LogP contribution in [0.1, 0.15) is 32.3 Å². The van der Waals surface area contributed by atoms with Crippen LogP contribution in [0.25, 0.3) is 11.1 Å². The Balaban J connectivity index is 0.000000433. The van der Waals surface area contributed by atoms with Gasteiger partial charge in [-0.3, -0.25) is 0 Å². The van der Waals surface area contributed by atoms with E-state index in [0.717, 1.165) is 16.8 Å². The van der Waals surface area contributed by atoms with Crippen LogP contribution >= 0.6 is 0 Å². The minimum absolute atomic E-state index is 0.454. The summed E-state index contributed by atoms with van der Waals surface area (Å²) in [6.45, 7) is 4.82. The number of hydrogen-bond acceptors (Lipinski definition) is 5. The highest BCUT2D eigenvalue weighted by atomic mass is 19.1. The summed E-state index contributed by atoms with van der Waals surface area (Å²) < 4.78 is 12.9. The molecule has 0 atom stereocenters. The number of aromatic nitrogens is 1. The lowest BCUT2D eigenvalue weighted by atomic mass is 10.0. The lowest BCUT2D eigenvalue weighted by Crippen LogP contribution is -2.22. The second kappa shape index (κ2) is 7.58. The van der Waals surface area contributed by atoms with Gasteiger partial charge in [0.1, 0.15) is 12.5 Å². The monoisotopic (exact) mass is 316 g/mol. The molecule has 2 aromatic rings. The number of rotatable bonds is 2. The molecule has 3 rings (SSSR count). The molecule has 1 aliphatic rings. The fraction of sp³-hybridized carbons (Fsp3) is 0.294. The van der Waals surface area contributed by atoms with Crippen LogP contribution in [0.15, 0.2) is 35.5 Å². The van der Waals surface area contributed by atoms with Crippen LogP contribution in [-0.2, 0) is 0 Å². The highest BCUT2D eigenvalue weighted by molar-refractivity contribution is 6.04. The summed E-state index contributed by atoms with van der Waals surface area (Å²) in [5.74, 6) is -0.908. The summed E-state index contributed by atoms with van der Waals surface area (Å²) in [5, 5.41) is 12.5. The third kappa shape index (κ3) is 3.97. The number of aromatic hydroxyl groups is 1. The van der Waals surface area contributed by atoms with E-state index in [1.165, 1.54) is 25.1 Å². The van der Waals surface area contributed by atoms with Gasteiger partial charge >= 0.3 is 0 Å². The third-order valence-electron chi connectivity index (χ3n) is 3.47. The number of hydrogen-bond donors (Lipinski definition) is 3. The topological polar surface area (TPSA) is 83.5 Å². The number of nitrogens with one attached hydrogen (secondary N) is 1. The predicted octanol–water partition coefficient (Wildman–Crippen LogP) is 3.49. The Morgan fingerprint density at radius 1 is 1.22 bits per heavy atom. The van der Waals surface area contributed by atoms with Crippen molar-refractivity contribution in [2.75, 3.05) is 12.0 Å². The van der Waals surface area contributed by atoms with Crippen molar-refractivity contribution in [2.24, 2.45) is 10.7 Å². The molecule has 1 aliphatic heterocycles. The first-order valence-corrected chi connectivity index (χ1v) is 7.59. The van der Waals surface area contributed by atoms with Gasteiger partial charge in [-0.1, -0.05) is 32.8 Å². The summed E-state index contributed by atoms with van der Waals surface area (Å²) in [5.41, 5.74) is 8.91. The van der Waals surface area contributed by atoms with Crippen LogP contribution in [0, 0.1) is 5.95 Å². The van der Waals surface area contributed by atoms with Gasteiger partial charge in [-0.15, -0.1) is 0 Å². The number of amidine groups is 1. The average Bonchev–Trinajstić information content (AvgIpc) is 2.58. The molecular formula is C17H21FN4O. The smallest absolute Gasteiger partial charge is 0.255 e. The molecule has 1 aromatic heterocycles. The van der Waals surface area contributed by atoms with Crippen LogP contribution in [0.4, 0.5) is 10.1 Å². The largest absolute Gasteiger partial charge is 0.504 e. The lowest BCUT2D eigenvalue weighted by Gasteiger charge is -2.17. The molecule has 4 N–H and O–H groups in total. The van der Waals surface area contributed by atoms with Crippen molar-refractivity contribution in [1.29, 1.82) is 0 Å². The molecule has 0 spiro atoms. The van der Waals surface area contributed by atoms with Crippen molar-refractivity contribution in [3.63, 3.8) is 0 Å². The van der Waals surface area contributed by atoms with Gasteiger partial charge in [0.05, 0.1) is 0 Å². The lowest BCUT2D eigenvalue weighted by molar-refractivity contribution is 0.419. The van der Waals surface area contributed by atoms with Crippen LogP contribution in [0.5, 0.6) is 5.75 Å². The molecule has 6 heteroatoms. The van der Waals surface area contributed by atoms with Crippen molar-refractivity contribution in [2.45, 2.75) is 26.7 Å². The highest BCUT2D eigenvalue weighted by Gasteiger charge is 2.13. The molecule has 0 aliphatic carbocycles. The Labute approximate surface area is 135 Å². The number of aliphatic imine (C=N–C) groups is 1. The zero-order valence-corrected chi connectivity index (χ0v) is 13.3. The van der Waals surface area contributed by atoms with Gasteiger partial charge in [-0.2, -0.15) is 4.39 Å².